The first-order valence-corrected chi connectivity index (χ1v) is 15.8. The number of urea groups is 1. The molecule has 11 nitrogen and oxygen atoms in total. The first-order chi connectivity index (χ1) is 22.6. The Morgan fingerprint density at radius 3 is 2.48 bits per heavy atom. The summed E-state index contributed by atoms with van der Waals surface area (Å²) in [5, 5.41) is 7.27. The summed E-state index contributed by atoms with van der Waals surface area (Å²) in [6, 6.07) is 9.01. The van der Waals surface area contributed by atoms with Crippen molar-refractivity contribution in [2.45, 2.75) is 39.2 Å². The van der Waals surface area contributed by atoms with Crippen molar-refractivity contribution in [2.24, 2.45) is 16.8 Å². The second-order valence-electron chi connectivity index (χ2n) is 11.3. The Labute approximate surface area is 275 Å². The van der Waals surface area contributed by atoms with Crippen LogP contribution >= 0.6 is 11.8 Å². The Morgan fingerprint density at radius 1 is 1.10 bits per heavy atom. The van der Waals surface area contributed by atoms with Crippen molar-refractivity contribution in [3.63, 3.8) is 0 Å². The van der Waals surface area contributed by atoms with Crippen LogP contribution in [0.25, 0.3) is 5.69 Å². The summed E-state index contributed by atoms with van der Waals surface area (Å²) in [5.74, 6) is -0.155. The number of aryl methyl sites for hydroxylation is 1. The Kier molecular flexibility index (Phi) is 10.4. The van der Waals surface area contributed by atoms with Crippen LogP contribution in [0.3, 0.4) is 0 Å². The molecule has 2 fully saturated rings. The van der Waals surface area contributed by atoms with Gasteiger partial charge >= 0.3 is 18.6 Å². The lowest BCUT2D eigenvalue weighted by Crippen LogP contribution is -2.39. The van der Waals surface area contributed by atoms with Gasteiger partial charge in [0.2, 0.25) is 11.9 Å². The predicted octanol–water partition coefficient (Wildman–Crippen LogP) is 6.11. The molecule has 0 unspecified atom stereocenters. The first kappa shape index (κ1) is 34.8. The van der Waals surface area contributed by atoms with Gasteiger partial charge in [-0.25, -0.2) is 9.48 Å². The van der Waals surface area contributed by atoms with Crippen LogP contribution in [0.4, 0.5) is 42.8 Å². The molecule has 1 atom stereocenters. The van der Waals surface area contributed by atoms with Gasteiger partial charge < -0.3 is 19.7 Å². The van der Waals surface area contributed by atoms with Crippen LogP contribution in [-0.4, -0.2) is 76.4 Å². The molecule has 0 spiro atoms. The zero-order valence-corrected chi connectivity index (χ0v) is 26.5. The third kappa shape index (κ3) is 9.11. The van der Waals surface area contributed by atoms with Gasteiger partial charge in [0.25, 0.3) is 0 Å². The van der Waals surface area contributed by atoms with Gasteiger partial charge in [0.1, 0.15) is 17.8 Å². The summed E-state index contributed by atoms with van der Waals surface area (Å²) in [4.78, 5) is 37.0. The van der Waals surface area contributed by atoms with E-state index in [9.17, 15) is 35.9 Å². The van der Waals surface area contributed by atoms with E-state index in [0.29, 0.717) is 36.8 Å². The third-order valence-electron chi connectivity index (χ3n) is 7.73. The van der Waals surface area contributed by atoms with Gasteiger partial charge in [0.05, 0.1) is 17.1 Å². The number of rotatable bonds is 9. The normalized spacial score (nSPS) is 17.6. The highest BCUT2D eigenvalue weighted by atomic mass is 32.2. The van der Waals surface area contributed by atoms with Crippen LogP contribution in [-0.2, 0) is 4.79 Å². The van der Waals surface area contributed by atoms with Gasteiger partial charge in [-0.3, -0.25) is 9.69 Å². The first-order valence-electron chi connectivity index (χ1n) is 14.8. The molecule has 2 aliphatic heterocycles. The molecule has 48 heavy (non-hydrogen) atoms. The van der Waals surface area contributed by atoms with Crippen LogP contribution in [0, 0.1) is 18.8 Å². The van der Waals surface area contributed by atoms with Crippen molar-refractivity contribution in [1.29, 1.82) is 0 Å². The van der Waals surface area contributed by atoms with Crippen LogP contribution in [0.1, 0.15) is 25.3 Å². The van der Waals surface area contributed by atoms with Crippen LogP contribution in [0.15, 0.2) is 53.8 Å². The number of carbonyl (C=O) groups is 2. The molecule has 3 heterocycles. The Morgan fingerprint density at radius 2 is 1.81 bits per heavy atom. The number of piperidine rings is 1. The van der Waals surface area contributed by atoms with E-state index in [2.05, 4.69) is 25.1 Å². The average molecular weight is 700 g/mol. The summed E-state index contributed by atoms with van der Waals surface area (Å²) in [6.07, 6.45) is -6.30. The quantitative estimate of drug-likeness (QED) is 0.266. The number of hydrogen-bond donors (Lipinski definition) is 1. The zero-order chi connectivity index (χ0) is 34.6. The number of hydrogen-bond acceptors (Lipinski definition) is 8. The minimum absolute atomic E-state index is 0.0377. The molecule has 1 aromatic heterocycles. The van der Waals surface area contributed by atoms with E-state index >= 15 is 0 Å². The number of aliphatic imine (C=N–C) groups is 1. The molecule has 18 heteroatoms. The summed E-state index contributed by atoms with van der Waals surface area (Å²) in [5.41, 5.74) is 1.27. The minimum atomic E-state index is -4.78. The van der Waals surface area contributed by atoms with Gasteiger partial charge in [-0.1, -0.05) is 24.8 Å². The van der Waals surface area contributed by atoms with E-state index in [1.165, 1.54) is 47.4 Å². The summed E-state index contributed by atoms with van der Waals surface area (Å²) in [7, 11) is 0. The number of halogens is 6. The number of benzene rings is 2. The van der Waals surface area contributed by atoms with E-state index in [0.717, 1.165) is 29.5 Å². The van der Waals surface area contributed by atoms with Crippen molar-refractivity contribution in [3.05, 3.63) is 54.4 Å². The number of alkyl halides is 6. The fourth-order valence-corrected chi connectivity index (χ4v) is 6.16. The number of ether oxygens (including phenoxy) is 2. The highest BCUT2D eigenvalue weighted by molar-refractivity contribution is 8.15. The highest BCUT2D eigenvalue weighted by Crippen LogP contribution is 2.36. The standard InChI is InChI=1S/C30H31F6N7O4S/c1-18-3-8-24(46-16-29(31,32)33)23(13-18)43-25(44)15-48-28(43)39-27(45)37-14-19(2)20-9-11-41(12-10-20)26-38-17-42(40-26)21-4-6-22(7-5-21)47-30(34,35)36/h3-8,13,17,19-20H,9-12,14-16H2,1-2H3,(H,37,45)/t19-/m1/s1. The van der Waals surface area contributed by atoms with Gasteiger partial charge in [-0.05, 0) is 73.6 Å². The Hall–Kier alpha value is -4.48. The van der Waals surface area contributed by atoms with Crippen molar-refractivity contribution in [1.82, 2.24) is 20.1 Å². The molecule has 0 aliphatic carbocycles. The zero-order valence-electron chi connectivity index (χ0n) is 25.7. The topological polar surface area (TPSA) is 114 Å². The highest BCUT2D eigenvalue weighted by Gasteiger charge is 2.35. The molecular formula is C30H31F6N7O4S. The smallest absolute Gasteiger partial charge is 0.482 e. The lowest BCUT2D eigenvalue weighted by molar-refractivity contribution is -0.274. The van der Waals surface area contributed by atoms with Crippen LogP contribution < -0.4 is 24.6 Å². The van der Waals surface area contributed by atoms with Crippen LogP contribution in [0.2, 0.25) is 0 Å². The Bertz CT molecular complexity index is 1640. The molecule has 0 radical (unpaired) electrons. The molecule has 3 amide bonds. The average Bonchev–Trinajstić information content (AvgIpc) is 3.65. The number of aromatic nitrogens is 3. The van der Waals surface area contributed by atoms with Crippen molar-refractivity contribution in [2.75, 3.05) is 41.8 Å². The Balaban J connectivity index is 1.13. The minimum Gasteiger partial charge on any atom is -0.482 e. The van der Waals surface area contributed by atoms with E-state index in [1.54, 1.807) is 13.0 Å². The second kappa shape index (κ2) is 14.3. The van der Waals surface area contributed by atoms with E-state index < -0.39 is 31.1 Å². The lowest BCUT2D eigenvalue weighted by Gasteiger charge is -2.34. The molecule has 1 N–H and O–H groups in total. The van der Waals surface area contributed by atoms with Crippen molar-refractivity contribution >= 4 is 40.5 Å². The van der Waals surface area contributed by atoms with Crippen LogP contribution in [0.5, 0.6) is 11.5 Å². The van der Waals surface area contributed by atoms with Crippen molar-refractivity contribution in [3.8, 4) is 17.2 Å². The number of nitrogens with one attached hydrogen (secondary N) is 1. The molecule has 0 saturated carbocycles. The fraction of sp³-hybridized carbons (Fsp3) is 0.433. The molecule has 5 rings (SSSR count). The number of anilines is 2. The molecule has 3 aromatic rings. The van der Waals surface area contributed by atoms with Gasteiger partial charge in [0.15, 0.2) is 11.8 Å². The number of carbonyl (C=O) groups excluding carboxylic acids is 2. The third-order valence-corrected chi connectivity index (χ3v) is 8.65. The van der Waals surface area contributed by atoms with E-state index in [-0.39, 0.29) is 39.9 Å². The summed E-state index contributed by atoms with van der Waals surface area (Å²) in [6.45, 7) is 3.79. The number of amidine groups is 1. The summed E-state index contributed by atoms with van der Waals surface area (Å²) >= 11 is 1.01. The second-order valence-corrected chi connectivity index (χ2v) is 12.2. The maximum Gasteiger partial charge on any atom is 0.573 e. The largest absolute Gasteiger partial charge is 0.573 e. The SMILES string of the molecule is Cc1ccc(OCC(F)(F)F)c(N2C(=O)CSC2=NC(=O)NC[C@@H](C)C2CCN(c3ncn(-c4ccc(OC(F)(F)F)cc4)n3)CC2)c1. The number of thioether (sulfide) groups is 1. The summed E-state index contributed by atoms with van der Waals surface area (Å²) < 4.78 is 86.1. The molecule has 0 bridgehead atoms. The predicted molar refractivity (Wildman–Crippen MR) is 166 cm³/mol. The fourth-order valence-electron chi connectivity index (χ4n) is 5.30. The van der Waals surface area contributed by atoms with Gasteiger partial charge in [-0.15, -0.1) is 18.3 Å². The van der Waals surface area contributed by atoms with Gasteiger partial charge in [0, 0.05) is 19.6 Å². The lowest BCUT2D eigenvalue weighted by atomic mass is 9.85. The molecule has 2 aromatic carbocycles. The van der Waals surface area contributed by atoms with Crippen molar-refractivity contribution < 1.29 is 45.4 Å². The maximum absolute atomic E-state index is 12.8. The monoisotopic (exact) mass is 699 g/mol. The molecule has 258 valence electrons. The number of amides is 3. The maximum atomic E-state index is 12.8. The molecule has 2 aliphatic rings. The molecular weight excluding hydrogens is 668 g/mol. The number of nitrogens with zero attached hydrogens (tertiary/aromatic N) is 6. The molecule has 2 saturated heterocycles. The van der Waals surface area contributed by atoms with E-state index in [1.807, 2.05) is 11.8 Å². The van der Waals surface area contributed by atoms with E-state index in [4.69, 9.17) is 4.74 Å². The van der Waals surface area contributed by atoms with Gasteiger partial charge in [-0.2, -0.15) is 23.1 Å².